The van der Waals surface area contributed by atoms with Crippen LogP contribution in [0.5, 0.6) is 0 Å². The van der Waals surface area contributed by atoms with Gasteiger partial charge < -0.3 is 5.11 Å². The maximum absolute atomic E-state index is 9.40. The molecule has 1 aliphatic rings. The van der Waals surface area contributed by atoms with Crippen molar-refractivity contribution in [2.75, 3.05) is 13.1 Å². The Labute approximate surface area is 93.6 Å². The molecule has 1 aromatic heterocycles. The van der Waals surface area contributed by atoms with Crippen LogP contribution in [0, 0.1) is 11.3 Å². The zero-order chi connectivity index (χ0) is 10.7. The highest BCUT2D eigenvalue weighted by Gasteiger charge is 2.25. The van der Waals surface area contributed by atoms with Gasteiger partial charge in [0.2, 0.25) is 0 Å². The zero-order valence-electron chi connectivity index (χ0n) is 8.47. The molecule has 0 amide bonds. The van der Waals surface area contributed by atoms with E-state index in [0.717, 1.165) is 31.5 Å². The van der Waals surface area contributed by atoms with Gasteiger partial charge in [0.25, 0.3) is 0 Å². The predicted octanol–water partition coefficient (Wildman–Crippen LogP) is 1.77. The van der Waals surface area contributed by atoms with Crippen LogP contribution >= 0.6 is 11.3 Å². The molecule has 3 nitrogen and oxygen atoms in total. The number of likely N-dealkylation sites (tertiary alicyclic amines) is 1. The van der Waals surface area contributed by atoms with Crippen molar-refractivity contribution in [3.8, 4) is 6.07 Å². The fourth-order valence-electron chi connectivity index (χ4n) is 1.94. The van der Waals surface area contributed by atoms with E-state index in [9.17, 15) is 5.11 Å². The van der Waals surface area contributed by atoms with E-state index < -0.39 is 0 Å². The van der Waals surface area contributed by atoms with Crippen LogP contribution in [0.4, 0.5) is 0 Å². The summed E-state index contributed by atoms with van der Waals surface area (Å²) in [6, 6.07) is 4.21. The molecule has 0 saturated carbocycles. The molecule has 0 spiro atoms. The van der Waals surface area contributed by atoms with Gasteiger partial charge in [0.05, 0.1) is 12.2 Å². The molecule has 80 valence electrons. The largest absolute Gasteiger partial charge is 0.393 e. The van der Waals surface area contributed by atoms with Gasteiger partial charge in [-0.15, -0.1) is 0 Å². The fourth-order valence-corrected chi connectivity index (χ4v) is 2.62. The Morgan fingerprint density at radius 3 is 2.80 bits per heavy atom. The van der Waals surface area contributed by atoms with E-state index in [1.165, 1.54) is 0 Å². The molecular formula is C11H14N2OS. The van der Waals surface area contributed by atoms with E-state index in [-0.39, 0.29) is 12.1 Å². The maximum atomic E-state index is 9.40. The van der Waals surface area contributed by atoms with Crippen molar-refractivity contribution in [2.24, 2.45) is 0 Å². The highest BCUT2D eigenvalue weighted by atomic mass is 32.1. The lowest BCUT2D eigenvalue weighted by Crippen LogP contribution is -2.37. The minimum atomic E-state index is -0.178. The zero-order valence-corrected chi connectivity index (χ0v) is 9.28. The van der Waals surface area contributed by atoms with Crippen LogP contribution in [0.3, 0.4) is 0 Å². The second-order valence-electron chi connectivity index (χ2n) is 3.86. The van der Waals surface area contributed by atoms with E-state index in [4.69, 9.17) is 5.26 Å². The van der Waals surface area contributed by atoms with Gasteiger partial charge in [-0.2, -0.15) is 16.6 Å². The molecule has 1 fully saturated rings. The highest BCUT2D eigenvalue weighted by Crippen LogP contribution is 2.25. The summed E-state index contributed by atoms with van der Waals surface area (Å²) in [4.78, 5) is 2.15. The SMILES string of the molecule is N#CC(c1ccsc1)N1CCC(O)CC1. The Morgan fingerprint density at radius 1 is 1.53 bits per heavy atom. The number of rotatable bonds is 2. The van der Waals surface area contributed by atoms with Crippen LogP contribution in [0.15, 0.2) is 16.8 Å². The number of piperidine rings is 1. The number of aliphatic hydroxyl groups excluding tert-OH is 1. The maximum Gasteiger partial charge on any atom is 0.124 e. The molecular weight excluding hydrogens is 208 g/mol. The molecule has 2 heterocycles. The quantitative estimate of drug-likeness (QED) is 0.829. The normalized spacial score (nSPS) is 21.1. The van der Waals surface area contributed by atoms with Crippen molar-refractivity contribution in [1.29, 1.82) is 5.26 Å². The molecule has 15 heavy (non-hydrogen) atoms. The molecule has 0 radical (unpaired) electrons. The Hall–Kier alpha value is -0.890. The minimum absolute atomic E-state index is 0.135. The first-order valence-electron chi connectivity index (χ1n) is 5.15. The second kappa shape index (κ2) is 4.75. The summed E-state index contributed by atoms with van der Waals surface area (Å²) in [5, 5.41) is 22.6. The van der Waals surface area contributed by atoms with E-state index >= 15 is 0 Å². The smallest absolute Gasteiger partial charge is 0.124 e. The predicted molar refractivity (Wildman–Crippen MR) is 59.5 cm³/mol. The lowest BCUT2D eigenvalue weighted by molar-refractivity contribution is 0.0717. The molecule has 4 heteroatoms. The van der Waals surface area contributed by atoms with Crippen molar-refractivity contribution >= 4 is 11.3 Å². The topological polar surface area (TPSA) is 47.3 Å². The lowest BCUT2D eigenvalue weighted by atomic mass is 10.0. The summed E-state index contributed by atoms with van der Waals surface area (Å²) in [5.74, 6) is 0. The van der Waals surface area contributed by atoms with E-state index in [0.29, 0.717) is 0 Å². The summed E-state index contributed by atoms with van der Waals surface area (Å²) in [6.07, 6.45) is 1.38. The lowest BCUT2D eigenvalue weighted by Gasteiger charge is -2.32. The van der Waals surface area contributed by atoms with Gasteiger partial charge in [-0.05, 0) is 35.2 Å². The summed E-state index contributed by atoms with van der Waals surface area (Å²) >= 11 is 1.62. The fraction of sp³-hybridized carbons (Fsp3) is 0.545. The molecule has 1 aliphatic heterocycles. The van der Waals surface area contributed by atoms with Gasteiger partial charge in [0.15, 0.2) is 0 Å². The first kappa shape index (κ1) is 10.6. The van der Waals surface area contributed by atoms with Crippen molar-refractivity contribution in [1.82, 2.24) is 4.90 Å². The molecule has 0 bridgehead atoms. The highest BCUT2D eigenvalue weighted by molar-refractivity contribution is 7.08. The molecule has 1 unspecified atom stereocenters. The van der Waals surface area contributed by atoms with Crippen molar-refractivity contribution < 1.29 is 5.11 Å². The third kappa shape index (κ3) is 2.37. The second-order valence-corrected chi connectivity index (χ2v) is 4.64. The summed E-state index contributed by atoms with van der Waals surface area (Å²) < 4.78 is 0. The third-order valence-corrected chi connectivity index (χ3v) is 3.55. The molecule has 1 aromatic rings. The number of aliphatic hydroxyl groups is 1. The van der Waals surface area contributed by atoms with Crippen LogP contribution in [0.2, 0.25) is 0 Å². The minimum Gasteiger partial charge on any atom is -0.393 e. The van der Waals surface area contributed by atoms with Crippen molar-refractivity contribution in [2.45, 2.75) is 25.0 Å². The molecule has 2 rings (SSSR count). The summed E-state index contributed by atoms with van der Waals surface area (Å²) in [7, 11) is 0. The van der Waals surface area contributed by atoms with Crippen LogP contribution in [-0.2, 0) is 0 Å². The number of hydrogen-bond donors (Lipinski definition) is 1. The van der Waals surface area contributed by atoms with Crippen molar-refractivity contribution in [3.63, 3.8) is 0 Å². The van der Waals surface area contributed by atoms with Crippen LogP contribution in [-0.4, -0.2) is 29.2 Å². The molecule has 1 saturated heterocycles. The van der Waals surface area contributed by atoms with Gasteiger partial charge in [-0.1, -0.05) is 0 Å². The van der Waals surface area contributed by atoms with Gasteiger partial charge in [-0.3, -0.25) is 4.90 Å². The Bertz CT molecular complexity index is 336. The van der Waals surface area contributed by atoms with Crippen molar-refractivity contribution in [3.05, 3.63) is 22.4 Å². The summed E-state index contributed by atoms with van der Waals surface area (Å²) in [6.45, 7) is 1.63. The van der Waals surface area contributed by atoms with Gasteiger partial charge in [0, 0.05) is 13.1 Å². The van der Waals surface area contributed by atoms with Gasteiger partial charge >= 0.3 is 0 Å². The first-order chi connectivity index (χ1) is 7.31. The van der Waals surface area contributed by atoms with E-state index in [1.54, 1.807) is 11.3 Å². The standard InChI is InChI=1S/C11H14N2OS/c12-7-11(9-3-6-15-8-9)13-4-1-10(14)2-5-13/h3,6,8,10-11,14H,1-2,4-5H2. The molecule has 1 atom stereocenters. The third-order valence-electron chi connectivity index (χ3n) is 2.85. The Kier molecular flexibility index (Phi) is 3.37. The van der Waals surface area contributed by atoms with Crippen LogP contribution < -0.4 is 0 Å². The molecule has 1 N–H and O–H groups in total. The molecule has 0 aliphatic carbocycles. The Balaban J connectivity index is 2.05. The Morgan fingerprint density at radius 2 is 2.27 bits per heavy atom. The monoisotopic (exact) mass is 222 g/mol. The average Bonchev–Trinajstić information content (AvgIpc) is 2.75. The number of thiophene rings is 1. The van der Waals surface area contributed by atoms with Gasteiger partial charge in [-0.25, -0.2) is 0 Å². The number of nitriles is 1. The van der Waals surface area contributed by atoms with Crippen LogP contribution in [0.25, 0.3) is 0 Å². The van der Waals surface area contributed by atoms with E-state index in [2.05, 4.69) is 11.0 Å². The number of hydrogen-bond acceptors (Lipinski definition) is 4. The molecule has 0 aromatic carbocycles. The number of nitrogens with zero attached hydrogens (tertiary/aromatic N) is 2. The first-order valence-corrected chi connectivity index (χ1v) is 6.09. The van der Waals surface area contributed by atoms with Crippen LogP contribution in [0.1, 0.15) is 24.4 Å². The summed E-state index contributed by atoms with van der Waals surface area (Å²) in [5.41, 5.74) is 1.08. The van der Waals surface area contributed by atoms with E-state index in [1.807, 2.05) is 16.8 Å². The average molecular weight is 222 g/mol. The van der Waals surface area contributed by atoms with Gasteiger partial charge in [0.1, 0.15) is 6.04 Å².